The molecule has 0 saturated heterocycles. The van der Waals surface area contributed by atoms with E-state index >= 15 is 0 Å². The molecule has 1 heterocycles. The summed E-state index contributed by atoms with van der Waals surface area (Å²) in [7, 11) is 1.82. The maximum absolute atomic E-state index is 11.5. The molecule has 0 aromatic carbocycles. The van der Waals surface area contributed by atoms with Gasteiger partial charge in [0.05, 0.1) is 6.54 Å². The SMILES string of the molecule is CCN(C)C(=O)CNCc1cc(C)sc1C. The number of likely N-dealkylation sites (N-methyl/N-ethyl adjacent to an activating group) is 1. The second kappa shape index (κ2) is 6.01. The molecule has 0 bridgehead atoms. The van der Waals surface area contributed by atoms with Gasteiger partial charge in [0.25, 0.3) is 0 Å². The highest BCUT2D eigenvalue weighted by molar-refractivity contribution is 7.12. The van der Waals surface area contributed by atoms with E-state index in [0.717, 1.165) is 13.1 Å². The van der Waals surface area contributed by atoms with E-state index in [2.05, 4.69) is 25.2 Å². The Balaban J connectivity index is 2.36. The first-order chi connectivity index (χ1) is 7.54. The van der Waals surface area contributed by atoms with E-state index in [9.17, 15) is 4.79 Å². The molecule has 4 heteroatoms. The smallest absolute Gasteiger partial charge is 0.236 e. The third kappa shape index (κ3) is 3.61. The van der Waals surface area contributed by atoms with Crippen molar-refractivity contribution in [3.05, 3.63) is 21.4 Å². The summed E-state index contributed by atoms with van der Waals surface area (Å²) in [6.45, 7) is 8.16. The summed E-state index contributed by atoms with van der Waals surface area (Å²) in [5, 5.41) is 3.19. The van der Waals surface area contributed by atoms with Crippen LogP contribution in [0.15, 0.2) is 6.07 Å². The van der Waals surface area contributed by atoms with Crippen LogP contribution < -0.4 is 5.32 Å². The molecule has 0 fully saturated rings. The molecule has 3 nitrogen and oxygen atoms in total. The lowest BCUT2D eigenvalue weighted by atomic mass is 10.2. The quantitative estimate of drug-likeness (QED) is 0.853. The Kier molecular flexibility index (Phi) is 4.96. The minimum atomic E-state index is 0.145. The van der Waals surface area contributed by atoms with Crippen molar-refractivity contribution < 1.29 is 4.79 Å². The maximum atomic E-state index is 11.5. The van der Waals surface area contributed by atoms with E-state index in [-0.39, 0.29) is 5.91 Å². The van der Waals surface area contributed by atoms with Crippen molar-refractivity contribution in [1.82, 2.24) is 10.2 Å². The molecule has 90 valence electrons. The largest absolute Gasteiger partial charge is 0.345 e. The fourth-order valence-corrected chi connectivity index (χ4v) is 2.42. The van der Waals surface area contributed by atoms with Gasteiger partial charge < -0.3 is 10.2 Å². The predicted molar refractivity (Wildman–Crippen MR) is 68.8 cm³/mol. The van der Waals surface area contributed by atoms with E-state index in [1.165, 1.54) is 15.3 Å². The Labute approximate surface area is 101 Å². The lowest BCUT2D eigenvalue weighted by Gasteiger charge is -2.14. The van der Waals surface area contributed by atoms with Gasteiger partial charge in [0.1, 0.15) is 0 Å². The molecular weight excluding hydrogens is 220 g/mol. The van der Waals surface area contributed by atoms with E-state index < -0.39 is 0 Å². The normalized spacial score (nSPS) is 10.5. The number of hydrogen-bond acceptors (Lipinski definition) is 3. The van der Waals surface area contributed by atoms with Crippen LogP contribution in [0, 0.1) is 13.8 Å². The molecule has 16 heavy (non-hydrogen) atoms. The molecular formula is C12H20N2OS. The number of hydrogen-bond donors (Lipinski definition) is 1. The number of nitrogens with one attached hydrogen (secondary N) is 1. The highest BCUT2D eigenvalue weighted by Crippen LogP contribution is 2.19. The summed E-state index contributed by atoms with van der Waals surface area (Å²) in [5.74, 6) is 0.145. The molecule has 0 unspecified atom stereocenters. The average molecular weight is 240 g/mol. The van der Waals surface area contributed by atoms with Gasteiger partial charge in [0, 0.05) is 29.9 Å². The maximum Gasteiger partial charge on any atom is 0.236 e. The van der Waals surface area contributed by atoms with Gasteiger partial charge in [0.15, 0.2) is 0 Å². The molecule has 0 atom stereocenters. The molecule has 1 amide bonds. The van der Waals surface area contributed by atoms with Gasteiger partial charge in [-0.05, 0) is 32.4 Å². The summed E-state index contributed by atoms with van der Waals surface area (Å²) in [5.41, 5.74) is 1.30. The predicted octanol–water partition coefficient (Wildman–Crippen LogP) is 1.93. The molecule has 0 aliphatic rings. The fourth-order valence-electron chi connectivity index (χ4n) is 1.47. The van der Waals surface area contributed by atoms with E-state index in [0.29, 0.717) is 6.54 Å². The second-order valence-electron chi connectivity index (χ2n) is 3.95. The van der Waals surface area contributed by atoms with Crippen LogP contribution >= 0.6 is 11.3 Å². The molecule has 0 saturated carbocycles. The van der Waals surface area contributed by atoms with Crippen molar-refractivity contribution in [2.45, 2.75) is 27.3 Å². The minimum Gasteiger partial charge on any atom is -0.345 e. The zero-order valence-corrected chi connectivity index (χ0v) is 11.3. The van der Waals surface area contributed by atoms with Crippen LogP contribution in [0.5, 0.6) is 0 Å². The van der Waals surface area contributed by atoms with Gasteiger partial charge in [-0.15, -0.1) is 11.3 Å². The molecule has 1 N–H and O–H groups in total. The molecule has 0 radical (unpaired) electrons. The van der Waals surface area contributed by atoms with Crippen molar-refractivity contribution in [1.29, 1.82) is 0 Å². The highest BCUT2D eigenvalue weighted by atomic mass is 32.1. The van der Waals surface area contributed by atoms with Crippen molar-refractivity contribution in [2.75, 3.05) is 20.1 Å². The molecule has 1 aromatic heterocycles. The Morgan fingerprint density at radius 1 is 1.50 bits per heavy atom. The lowest BCUT2D eigenvalue weighted by Crippen LogP contribution is -2.35. The van der Waals surface area contributed by atoms with E-state index in [4.69, 9.17) is 0 Å². The van der Waals surface area contributed by atoms with Gasteiger partial charge in [-0.1, -0.05) is 0 Å². The van der Waals surface area contributed by atoms with Crippen LogP contribution in [0.4, 0.5) is 0 Å². The van der Waals surface area contributed by atoms with Gasteiger partial charge in [-0.3, -0.25) is 4.79 Å². The summed E-state index contributed by atoms with van der Waals surface area (Å²) < 4.78 is 0. The van der Waals surface area contributed by atoms with E-state index in [1.54, 1.807) is 16.2 Å². The standard InChI is InChI=1S/C12H20N2OS/c1-5-14(4)12(15)8-13-7-11-6-9(2)16-10(11)3/h6,13H,5,7-8H2,1-4H3. The molecule has 1 rings (SSSR count). The van der Waals surface area contributed by atoms with Crippen molar-refractivity contribution >= 4 is 17.2 Å². The number of thiophene rings is 1. The lowest BCUT2D eigenvalue weighted by molar-refractivity contribution is -0.128. The van der Waals surface area contributed by atoms with Crippen LogP contribution in [0.25, 0.3) is 0 Å². The highest BCUT2D eigenvalue weighted by Gasteiger charge is 2.07. The first-order valence-electron chi connectivity index (χ1n) is 5.55. The van der Waals surface area contributed by atoms with Crippen LogP contribution in [-0.2, 0) is 11.3 Å². The van der Waals surface area contributed by atoms with Crippen LogP contribution in [-0.4, -0.2) is 30.9 Å². The van der Waals surface area contributed by atoms with Crippen LogP contribution in [0.3, 0.4) is 0 Å². The Morgan fingerprint density at radius 3 is 2.69 bits per heavy atom. The van der Waals surface area contributed by atoms with E-state index in [1.807, 2.05) is 14.0 Å². The summed E-state index contributed by atoms with van der Waals surface area (Å²) in [6.07, 6.45) is 0. The second-order valence-corrected chi connectivity index (χ2v) is 5.41. The summed E-state index contributed by atoms with van der Waals surface area (Å²) in [4.78, 5) is 15.9. The summed E-state index contributed by atoms with van der Waals surface area (Å²) >= 11 is 1.80. The van der Waals surface area contributed by atoms with Crippen molar-refractivity contribution in [2.24, 2.45) is 0 Å². The molecule has 0 aliphatic heterocycles. The average Bonchev–Trinajstić information content (AvgIpc) is 2.56. The topological polar surface area (TPSA) is 32.3 Å². The zero-order valence-electron chi connectivity index (χ0n) is 10.5. The molecule has 1 aromatic rings. The van der Waals surface area contributed by atoms with Crippen molar-refractivity contribution in [3.63, 3.8) is 0 Å². The zero-order chi connectivity index (χ0) is 12.1. The first kappa shape index (κ1) is 13.2. The number of nitrogens with zero attached hydrogens (tertiary/aromatic N) is 1. The van der Waals surface area contributed by atoms with Crippen molar-refractivity contribution in [3.8, 4) is 0 Å². The number of aryl methyl sites for hydroxylation is 2. The Hall–Kier alpha value is -0.870. The van der Waals surface area contributed by atoms with Gasteiger partial charge in [-0.2, -0.15) is 0 Å². The van der Waals surface area contributed by atoms with Crippen LogP contribution in [0.1, 0.15) is 22.2 Å². The fraction of sp³-hybridized carbons (Fsp3) is 0.583. The Bertz CT molecular complexity index is 360. The van der Waals surface area contributed by atoms with Gasteiger partial charge in [0.2, 0.25) is 5.91 Å². The Morgan fingerprint density at radius 2 is 2.19 bits per heavy atom. The van der Waals surface area contributed by atoms with Gasteiger partial charge >= 0.3 is 0 Å². The summed E-state index contributed by atoms with van der Waals surface area (Å²) in [6, 6.07) is 2.18. The van der Waals surface area contributed by atoms with Crippen LogP contribution in [0.2, 0.25) is 0 Å². The molecule has 0 aliphatic carbocycles. The molecule has 0 spiro atoms. The number of amides is 1. The number of carbonyl (C=O) groups excluding carboxylic acids is 1. The minimum absolute atomic E-state index is 0.145. The monoisotopic (exact) mass is 240 g/mol. The third-order valence-corrected chi connectivity index (χ3v) is 3.64. The number of carbonyl (C=O) groups is 1. The first-order valence-corrected chi connectivity index (χ1v) is 6.36. The third-order valence-electron chi connectivity index (χ3n) is 2.64. The van der Waals surface area contributed by atoms with Gasteiger partial charge in [-0.25, -0.2) is 0 Å². The number of rotatable bonds is 5.